The molecule has 1 N–H and O–H groups in total. The molecule has 1 aliphatic heterocycles. The fourth-order valence-corrected chi connectivity index (χ4v) is 3.71. The molecule has 1 aromatic heterocycles. The van der Waals surface area contributed by atoms with E-state index in [1.54, 1.807) is 24.0 Å². The van der Waals surface area contributed by atoms with Crippen molar-refractivity contribution < 1.29 is 22.8 Å². The van der Waals surface area contributed by atoms with Crippen molar-refractivity contribution in [3.8, 4) is 5.69 Å². The zero-order valence-corrected chi connectivity index (χ0v) is 16.8. The lowest BCUT2D eigenvalue weighted by atomic mass is 10.1. The Bertz CT molecular complexity index is 1180. The van der Waals surface area contributed by atoms with Crippen molar-refractivity contribution in [2.75, 3.05) is 16.8 Å². The van der Waals surface area contributed by atoms with Gasteiger partial charge in [-0.2, -0.15) is 18.3 Å². The number of alkyl halides is 3. The third-order valence-corrected chi connectivity index (χ3v) is 5.29. The molecular weight excluding hydrogens is 409 g/mol. The molecule has 9 heteroatoms. The number of hydrogen-bond acceptors (Lipinski definition) is 3. The number of carbonyl (C=O) groups is 2. The Hall–Kier alpha value is -3.62. The molecule has 0 saturated carbocycles. The number of fused-ring (bicyclic) bond motifs is 1. The van der Waals surface area contributed by atoms with E-state index in [1.165, 1.54) is 29.9 Å². The van der Waals surface area contributed by atoms with Crippen molar-refractivity contribution in [1.29, 1.82) is 0 Å². The van der Waals surface area contributed by atoms with Gasteiger partial charge in [0.05, 0.1) is 28.7 Å². The van der Waals surface area contributed by atoms with E-state index in [0.29, 0.717) is 24.3 Å². The van der Waals surface area contributed by atoms with Crippen LogP contribution in [0, 0.1) is 6.92 Å². The first-order valence-corrected chi connectivity index (χ1v) is 9.60. The average molecular weight is 428 g/mol. The number of rotatable bonds is 3. The smallest absolute Gasteiger partial charge is 0.322 e. The summed E-state index contributed by atoms with van der Waals surface area (Å²) in [6.07, 6.45) is -2.44. The highest BCUT2D eigenvalue weighted by Crippen LogP contribution is 2.32. The largest absolute Gasteiger partial charge is 0.416 e. The summed E-state index contributed by atoms with van der Waals surface area (Å²) in [5, 5.41) is 6.90. The van der Waals surface area contributed by atoms with Crippen LogP contribution in [0.5, 0.6) is 0 Å². The summed E-state index contributed by atoms with van der Waals surface area (Å²) in [5.74, 6) is -0.453. The van der Waals surface area contributed by atoms with Gasteiger partial charge in [-0.15, -0.1) is 0 Å². The summed E-state index contributed by atoms with van der Waals surface area (Å²) in [4.78, 5) is 26.1. The summed E-state index contributed by atoms with van der Waals surface area (Å²) < 4.78 is 40.3. The quantitative estimate of drug-likeness (QED) is 0.674. The van der Waals surface area contributed by atoms with Crippen LogP contribution in [-0.4, -0.2) is 28.1 Å². The van der Waals surface area contributed by atoms with E-state index in [1.807, 2.05) is 6.07 Å². The molecule has 0 saturated heterocycles. The number of halogens is 3. The number of carbonyl (C=O) groups excluding carboxylic acids is 2. The number of amides is 2. The second-order valence-electron chi connectivity index (χ2n) is 7.32. The van der Waals surface area contributed by atoms with Gasteiger partial charge in [0, 0.05) is 24.8 Å². The van der Waals surface area contributed by atoms with Crippen LogP contribution in [0.2, 0.25) is 0 Å². The van der Waals surface area contributed by atoms with Gasteiger partial charge in [0.15, 0.2) is 0 Å². The lowest BCUT2D eigenvalue weighted by Crippen LogP contribution is -2.25. The van der Waals surface area contributed by atoms with Crippen LogP contribution in [0.1, 0.15) is 34.1 Å². The van der Waals surface area contributed by atoms with Crippen LogP contribution in [-0.2, 0) is 17.4 Å². The fraction of sp³-hybridized carbons (Fsp3) is 0.227. The van der Waals surface area contributed by atoms with Crippen LogP contribution >= 0.6 is 0 Å². The normalized spacial score (nSPS) is 13.3. The second kappa shape index (κ2) is 7.57. The van der Waals surface area contributed by atoms with Gasteiger partial charge in [-0.3, -0.25) is 9.59 Å². The Balaban J connectivity index is 1.56. The number of hydrogen-bond donors (Lipinski definition) is 1. The molecule has 0 spiro atoms. The van der Waals surface area contributed by atoms with Gasteiger partial charge in [0.25, 0.3) is 5.91 Å². The molecule has 0 radical (unpaired) electrons. The van der Waals surface area contributed by atoms with E-state index in [0.717, 1.165) is 23.4 Å². The molecule has 160 valence electrons. The Kier molecular flexibility index (Phi) is 5.04. The topological polar surface area (TPSA) is 67.2 Å². The van der Waals surface area contributed by atoms with Crippen molar-refractivity contribution in [3.05, 3.63) is 71.0 Å². The molecular formula is C22H19F3N4O2. The van der Waals surface area contributed by atoms with Crippen molar-refractivity contribution >= 4 is 23.2 Å². The van der Waals surface area contributed by atoms with Crippen molar-refractivity contribution in [1.82, 2.24) is 9.78 Å². The van der Waals surface area contributed by atoms with E-state index in [2.05, 4.69) is 10.4 Å². The molecule has 2 heterocycles. The highest BCUT2D eigenvalue weighted by molar-refractivity contribution is 6.05. The van der Waals surface area contributed by atoms with E-state index >= 15 is 0 Å². The van der Waals surface area contributed by atoms with Crippen molar-refractivity contribution in [2.24, 2.45) is 0 Å². The molecule has 0 unspecified atom stereocenters. The van der Waals surface area contributed by atoms with Crippen LogP contribution in [0.4, 0.5) is 24.5 Å². The minimum atomic E-state index is -4.47. The first-order valence-electron chi connectivity index (χ1n) is 9.60. The van der Waals surface area contributed by atoms with Gasteiger partial charge in [-0.1, -0.05) is 6.07 Å². The Labute approximate surface area is 176 Å². The SMILES string of the molecule is CC(=O)N1CCc2cc(NC(=O)c3cnn(-c4cccc(C(F)(F)F)c4)c3C)ccc21. The first-order chi connectivity index (χ1) is 14.6. The summed E-state index contributed by atoms with van der Waals surface area (Å²) in [6, 6.07) is 10.1. The number of anilines is 2. The average Bonchev–Trinajstić information content (AvgIpc) is 3.30. The monoisotopic (exact) mass is 428 g/mol. The molecule has 0 aliphatic carbocycles. The molecule has 2 aromatic carbocycles. The molecule has 3 aromatic rings. The van der Waals surface area contributed by atoms with Crippen LogP contribution in [0.25, 0.3) is 5.69 Å². The van der Waals surface area contributed by atoms with Crippen molar-refractivity contribution in [3.63, 3.8) is 0 Å². The van der Waals surface area contributed by atoms with E-state index in [9.17, 15) is 22.8 Å². The highest BCUT2D eigenvalue weighted by atomic mass is 19.4. The molecule has 2 amide bonds. The third kappa shape index (κ3) is 3.90. The first kappa shape index (κ1) is 20.6. The van der Waals surface area contributed by atoms with E-state index < -0.39 is 17.6 Å². The summed E-state index contributed by atoms with van der Waals surface area (Å²) in [6.45, 7) is 3.73. The lowest BCUT2D eigenvalue weighted by molar-refractivity contribution is -0.137. The van der Waals surface area contributed by atoms with Crippen molar-refractivity contribution in [2.45, 2.75) is 26.4 Å². The van der Waals surface area contributed by atoms with Gasteiger partial charge < -0.3 is 10.2 Å². The second-order valence-corrected chi connectivity index (χ2v) is 7.32. The minimum Gasteiger partial charge on any atom is -0.322 e. The molecule has 0 bridgehead atoms. The summed E-state index contributed by atoms with van der Waals surface area (Å²) in [7, 11) is 0. The van der Waals surface area contributed by atoms with Crippen LogP contribution in [0.15, 0.2) is 48.7 Å². The Morgan fingerprint density at radius 3 is 2.61 bits per heavy atom. The van der Waals surface area contributed by atoms with Gasteiger partial charge in [0.2, 0.25) is 5.91 Å². The molecule has 1 aliphatic rings. The molecule has 0 fully saturated rings. The molecule has 31 heavy (non-hydrogen) atoms. The molecule has 0 atom stereocenters. The molecule has 6 nitrogen and oxygen atoms in total. The number of benzene rings is 2. The zero-order valence-electron chi connectivity index (χ0n) is 16.8. The Morgan fingerprint density at radius 1 is 1.13 bits per heavy atom. The lowest BCUT2D eigenvalue weighted by Gasteiger charge is -2.15. The van der Waals surface area contributed by atoms with Gasteiger partial charge in [0.1, 0.15) is 0 Å². The number of aromatic nitrogens is 2. The summed E-state index contributed by atoms with van der Waals surface area (Å²) >= 11 is 0. The minimum absolute atomic E-state index is 0.0341. The molecule has 4 rings (SSSR count). The maximum Gasteiger partial charge on any atom is 0.416 e. The number of nitrogens with zero attached hydrogens (tertiary/aromatic N) is 3. The van der Waals surface area contributed by atoms with Gasteiger partial charge in [-0.05, 0) is 55.3 Å². The van der Waals surface area contributed by atoms with E-state index in [-0.39, 0.29) is 17.2 Å². The maximum absolute atomic E-state index is 13.0. The summed E-state index contributed by atoms with van der Waals surface area (Å²) in [5.41, 5.74) is 2.46. The predicted octanol–water partition coefficient (Wildman–Crippen LogP) is 4.36. The zero-order chi connectivity index (χ0) is 22.3. The highest BCUT2D eigenvalue weighted by Gasteiger charge is 2.31. The third-order valence-electron chi connectivity index (χ3n) is 5.29. The van der Waals surface area contributed by atoms with Crippen LogP contribution < -0.4 is 10.2 Å². The number of nitrogens with one attached hydrogen (secondary N) is 1. The standard InChI is InChI=1S/C22H19F3N4O2/c1-13-19(12-26-29(13)18-5-3-4-16(11-18)22(23,24)25)21(31)27-17-6-7-20-15(10-17)8-9-28(20)14(2)30/h3-7,10-12H,8-9H2,1-2H3,(H,27,31). The fourth-order valence-electron chi connectivity index (χ4n) is 3.71. The Morgan fingerprint density at radius 2 is 1.90 bits per heavy atom. The maximum atomic E-state index is 13.0. The van der Waals surface area contributed by atoms with Gasteiger partial charge >= 0.3 is 6.18 Å². The van der Waals surface area contributed by atoms with E-state index in [4.69, 9.17) is 0 Å². The van der Waals surface area contributed by atoms with Gasteiger partial charge in [-0.25, -0.2) is 4.68 Å². The predicted molar refractivity (Wildman–Crippen MR) is 109 cm³/mol. The van der Waals surface area contributed by atoms with Crippen LogP contribution in [0.3, 0.4) is 0 Å².